The zero-order valence-corrected chi connectivity index (χ0v) is 7.83. The summed E-state index contributed by atoms with van der Waals surface area (Å²) in [5.74, 6) is 0. The van der Waals surface area contributed by atoms with E-state index in [4.69, 9.17) is 0 Å². The van der Waals surface area contributed by atoms with Crippen LogP contribution in [0.15, 0.2) is 48.3 Å². The Balaban J connectivity index is 2.27. The van der Waals surface area contributed by atoms with Crippen molar-refractivity contribution in [3.8, 4) is 0 Å². The number of rotatable bonds is 0. The Labute approximate surface area is 83.5 Å². The zero-order chi connectivity index (χ0) is 9.38. The Bertz CT molecular complexity index is 464. The van der Waals surface area contributed by atoms with Crippen molar-refractivity contribution in [1.29, 1.82) is 0 Å². The quantitative estimate of drug-likeness (QED) is 0.649. The van der Waals surface area contributed by atoms with Crippen LogP contribution in [0, 0.1) is 0 Å². The van der Waals surface area contributed by atoms with E-state index in [-0.39, 0.29) is 0 Å². The molecule has 0 unspecified atom stereocenters. The molecule has 0 spiro atoms. The average Bonchev–Trinajstić information content (AvgIpc) is 2.41. The van der Waals surface area contributed by atoms with Crippen LogP contribution in [0.4, 0.5) is 0 Å². The first-order valence-electron chi connectivity index (χ1n) is 4.86. The first-order chi connectivity index (χ1) is 6.93. The topological polar surface area (TPSA) is 12.0 Å². The summed E-state index contributed by atoms with van der Waals surface area (Å²) in [4.78, 5) is 0. The van der Waals surface area contributed by atoms with Gasteiger partial charge in [-0.1, -0.05) is 30.3 Å². The molecule has 1 aliphatic carbocycles. The Hall–Kier alpha value is -1.76. The molecule has 0 amide bonds. The predicted molar refractivity (Wildman–Crippen MR) is 59.3 cm³/mol. The lowest BCUT2D eigenvalue weighted by molar-refractivity contribution is 1.02. The van der Waals surface area contributed by atoms with E-state index in [0.29, 0.717) is 0 Å². The highest BCUT2D eigenvalue weighted by Crippen LogP contribution is 2.32. The van der Waals surface area contributed by atoms with Gasteiger partial charge in [0.2, 0.25) is 0 Å². The van der Waals surface area contributed by atoms with Crippen molar-refractivity contribution in [3.05, 3.63) is 59.4 Å². The molecule has 0 saturated heterocycles. The number of hydrogen-bond donors (Lipinski definition) is 1. The van der Waals surface area contributed by atoms with Gasteiger partial charge in [0, 0.05) is 18.3 Å². The van der Waals surface area contributed by atoms with Crippen LogP contribution in [0.3, 0.4) is 0 Å². The fourth-order valence-electron chi connectivity index (χ4n) is 2.02. The summed E-state index contributed by atoms with van der Waals surface area (Å²) in [5, 5.41) is 3.28. The second-order valence-electron chi connectivity index (χ2n) is 3.63. The van der Waals surface area contributed by atoms with Crippen LogP contribution in [0.5, 0.6) is 0 Å². The molecule has 2 aliphatic rings. The van der Waals surface area contributed by atoms with Crippen LogP contribution in [-0.4, -0.2) is 0 Å². The van der Waals surface area contributed by atoms with E-state index in [9.17, 15) is 0 Å². The average molecular weight is 181 g/mol. The fraction of sp³-hybridized carbons (Fsp3) is 0.0769. The Morgan fingerprint density at radius 3 is 3.07 bits per heavy atom. The van der Waals surface area contributed by atoms with Crippen molar-refractivity contribution >= 4 is 11.6 Å². The second kappa shape index (κ2) is 2.88. The maximum atomic E-state index is 3.28. The van der Waals surface area contributed by atoms with Crippen molar-refractivity contribution in [2.24, 2.45) is 0 Å². The minimum Gasteiger partial charge on any atom is -0.365 e. The third kappa shape index (κ3) is 1.10. The number of nitrogens with one attached hydrogen (secondary N) is 1. The lowest BCUT2D eigenvalue weighted by Crippen LogP contribution is -2.07. The van der Waals surface area contributed by atoms with E-state index in [2.05, 4.69) is 47.8 Å². The molecule has 1 heterocycles. The highest BCUT2D eigenvalue weighted by molar-refractivity contribution is 5.82. The summed E-state index contributed by atoms with van der Waals surface area (Å²) in [5.41, 5.74) is 5.36. The zero-order valence-electron chi connectivity index (χ0n) is 7.83. The van der Waals surface area contributed by atoms with Crippen LogP contribution in [0.25, 0.3) is 11.6 Å². The van der Waals surface area contributed by atoms with Gasteiger partial charge < -0.3 is 5.32 Å². The number of allylic oxidation sites excluding steroid dienone is 3. The van der Waals surface area contributed by atoms with E-state index in [0.717, 1.165) is 6.42 Å². The minimum absolute atomic E-state index is 1.02. The normalized spacial score (nSPS) is 17.4. The molecule has 14 heavy (non-hydrogen) atoms. The molecule has 0 radical (unpaired) electrons. The standard InChI is InChI=1S/C13H11N/c1-2-6-13-10(4-1)8-12-9-11(13)5-3-7-14-12/h1-8,14H,9H2. The Morgan fingerprint density at radius 2 is 2.07 bits per heavy atom. The lowest BCUT2D eigenvalue weighted by Gasteiger charge is -2.17. The second-order valence-corrected chi connectivity index (χ2v) is 3.63. The molecular formula is C13H11N. The van der Waals surface area contributed by atoms with Gasteiger partial charge >= 0.3 is 0 Å². The van der Waals surface area contributed by atoms with Crippen LogP contribution < -0.4 is 5.32 Å². The van der Waals surface area contributed by atoms with Gasteiger partial charge in [-0.25, -0.2) is 0 Å². The monoisotopic (exact) mass is 181 g/mol. The van der Waals surface area contributed by atoms with Crippen molar-refractivity contribution in [2.45, 2.75) is 6.42 Å². The van der Waals surface area contributed by atoms with Crippen molar-refractivity contribution in [3.63, 3.8) is 0 Å². The molecule has 1 aliphatic heterocycles. The minimum atomic E-state index is 1.02. The van der Waals surface area contributed by atoms with Gasteiger partial charge in [0.05, 0.1) is 0 Å². The van der Waals surface area contributed by atoms with Gasteiger partial charge in [0.1, 0.15) is 0 Å². The summed E-state index contributed by atoms with van der Waals surface area (Å²) >= 11 is 0. The van der Waals surface area contributed by atoms with Gasteiger partial charge in [-0.3, -0.25) is 0 Å². The summed E-state index contributed by atoms with van der Waals surface area (Å²) in [6, 6.07) is 8.53. The Kier molecular flexibility index (Phi) is 1.57. The van der Waals surface area contributed by atoms with Crippen LogP contribution in [-0.2, 0) is 0 Å². The summed E-state index contributed by atoms with van der Waals surface area (Å²) < 4.78 is 0. The van der Waals surface area contributed by atoms with E-state index < -0.39 is 0 Å². The first-order valence-corrected chi connectivity index (χ1v) is 4.86. The van der Waals surface area contributed by atoms with Crippen molar-refractivity contribution in [2.75, 3.05) is 0 Å². The summed E-state index contributed by atoms with van der Waals surface area (Å²) in [6.45, 7) is 0. The van der Waals surface area contributed by atoms with E-state index in [1.54, 1.807) is 0 Å². The molecular weight excluding hydrogens is 170 g/mol. The molecule has 68 valence electrons. The summed E-state index contributed by atoms with van der Waals surface area (Å²) in [7, 11) is 0. The third-order valence-corrected chi connectivity index (χ3v) is 2.68. The lowest BCUT2D eigenvalue weighted by atomic mass is 9.91. The molecule has 0 aromatic heterocycles. The van der Waals surface area contributed by atoms with Gasteiger partial charge in [-0.2, -0.15) is 0 Å². The van der Waals surface area contributed by atoms with Crippen LogP contribution in [0.2, 0.25) is 0 Å². The molecule has 1 aromatic rings. The van der Waals surface area contributed by atoms with Gasteiger partial charge in [0.15, 0.2) is 0 Å². The Morgan fingerprint density at radius 1 is 1.14 bits per heavy atom. The molecule has 0 saturated carbocycles. The predicted octanol–water partition coefficient (Wildman–Crippen LogP) is 2.93. The molecule has 2 bridgehead atoms. The molecule has 1 aromatic carbocycles. The fourth-order valence-corrected chi connectivity index (χ4v) is 2.02. The molecule has 0 fully saturated rings. The SMILES string of the molecule is C1=CNC2=Cc3ccccc3C(=C1)C2. The van der Waals surface area contributed by atoms with E-state index in [1.807, 2.05) is 6.20 Å². The molecule has 1 N–H and O–H groups in total. The largest absolute Gasteiger partial charge is 0.365 e. The van der Waals surface area contributed by atoms with Crippen molar-refractivity contribution < 1.29 is 0 Å². The number of benzene rings is 1. The van der Waals surface area contributed by atoms with E-state index >= 15 is 0 Å². The maximum absolute atomic E-state index is 3.28. The molecule has 1 heteroatoms. The van der Waals surface area contributed by atoms with Crippen LogP contribution >= 0.6 is 0 Å². The maximum Gasteiger partial charge on any atom is 0.0197 e. The molecule has 0 atom stereocenters. The van der Waals surface area contributed by atoms with Crippen LogP contribution in [0.1, 0.15) is 17.5 Å². The van der Waals surface area contributed by atoms with Gasteiger partial charge in [0.25, 0.3) is 0 Å². The number of hydrogen-bond acceptors (Lipinski definition) is 1. The van der Waals surface area contributed by atoms with Crippen molar-refractivity contribution in [1.82, 2.24) is 5.32 Å². The molecule has 1 nitrogen and oxygen atoms in total. The van der Waals surface area contributed by atoms with E-state index in [1.165, 1.54) is 22.4 Å². The smallest absolute Gasteiger partial charge is 0.0197 e. The van der Waals surface area contributed by atoms with Gasteiger partial charge in [-0.15, -0.1) is 0 Å². The number of fused-ring (bicyclic) bond motifs is 4. The third-order valence-electron chi connectivity index (χ3n) is 2.68. The molecule has 3 rings (SSSR count). The highest BCUT2D eigenvalue weighted by Gasteiger charge is 2.14. The first kappa shape index (κ1) is 7.63. The summed E-state index contributed by atoms with van der Waals surface area (Å²) in [6.07, 6.45) is 9.49. The highest BCUT2D eigenvalue weighted by atomic mass is 14.9. The van der Waals surface area contributed by atoms with Gasteiger partial charge in [-0.05, 0) is 28.9 Å².